The van der Waals surface area contributed by atoms with Crippen molar-refractivity contribution in [2.75, 3.05) is 25.4 Å². The molecule has 0 unspecified atom stereocenters. The Labute approximate surface area is 152 Å². The van der Waals surface area contributed by atoms with Crippen LogP contribution in [0, 0.1) is 5.82 Å². The topological polar surface area (TPSA) is 92.8 Å². The number of halogens is 1. The van der Waals surface area contributed by atoms with E-state index in [0.717, 1.165) is 28.6 Å². The highest BCUT2D eigenvalue weighted by Crippen LogP contribution is 2.30. The van der Waals surface area contributed by atoms with Crippen molar-refractivity contribution in [3.05, 3.63) is 48.3 Å². The first-order valence-electron chi connectivity index (χ1n) is 7.55. The van der Waals surface area contributed by atoms with Crippen LogP contribution in [0.25, 0.3) is 0 Å². The van der Waals surface area contributed by atoms with Gasteiger partial charge in [0.1, 0.15) is 16.5 Å². The van der Waals surface area contributed by atoms with Crippen molar-refractivity contribution in [2.45, 2.75) is 16.7 Å². The van der Waals surface area contributed by atoms with Crippen molar-refractivity contribution in [3.63, 3.8) is 0 Å². The molecule has 0 aliphatic heterocycles. The van der Waals surface area contributed by atoms with Crippen LogP contribution in [0.4, 0.5) is 10.1 Å². The summed E-state index contributed by atoms with van der Waals surface area (Å²) in [5.74, 6) is -0.449. The fraction of sp³-hybridized carbons (Fsp3) is 0.250. The van der Waals surface area contributed by atoms with Gasteiger partial charge in [-0.2, -0.15) is 0 Å². The zero-order valence-corrected chi connectivity index (χ0v) is 16.1. The van der Waals surface area contributed by atoms with Gasteiger partial charge < -0.3 is 4.74 Å². The van der Waals surface area contributed by atoms with Crippen molar-refractivity contribution >= 4 is 25.7 Å². The molecule has 0 amide bonds. The van der Waals surface area contributed by atoms with Crippen molar-refractivity contribution in [1.29, 1.82) is 0 Å². The van der Waals surface area contributed by atoms with E-state index >= 15 is 0 Å². The summed E-state index contributed by atoms with van der Waals surface area (Å²) in [6.07, 6.45) is 0. The number of sulfonamides is 2. The Morgan fingerprint density at radius 3 is 2.19 bits per heavy atom. The molecule has 10 heteroatoms. The molecule has 26 heavy (non-hydrogen) atoms. The highest BCUT2D eigenvalue weighted by Gasteiger charge is 2.24. The molecule has 0 radical (unpaired) electrons. The maximum Gasteiger partial charge on any atom is 0.261 e. The molecule has 0 saturated heterocycles. The highest BCUT2D eigenvalue weighted by atomic mass is 32.2. The molecule has 7 nitrogen and oxygen atoms in total. The van der Waals surface area contributed by atoms with Crippen LogP contribution < -0.4 is 9.46 Å². The molecule has 1 N–H and O–H groups in total. The molecule has 0 aliphatic carbocycles. The van der Waals surface area contributed by atoms with E-state index in [0.29, 0.717) is 0 Å². The number of anilines is 1. The van der Waals surface area contributed by atoms with Crippen LogP contribution in [0.1, 0.15) is 6.92 Å². The molecule has 2 aromatic rings. The van der Waals surface area contributed by atoms with Crippen LogP contribution in [-0.4, -0.2) is 41.8 Å². The average Bonchev–Trinajstić information content (AvgIpc) is 2.56. The molecular weight excluding hydrogens is 383 g/mol. The van der Waals surface area contributed by atoms with E-state index in [1.165, 1.54) is 32.3 Å². The molecule has 142 valence electrons. The molecule has 0 heterocycles. The third-order valence-electron chi connectivity index (χ3n) is 3.38. The van der Waals surface area contributed by atoms with Gasteiger partial charge in [-0.15, -0.1) is 0 Å². The summed E-state index contributed by atoms with van der Waals surface area (Å²) in [4.78, 5) is -0.312. The van der Waals surface area contributed by atoms with Crippen molar-refractivity contribution < 1.29 is 26.0 Å². The smallest absolute Gasteiger partial charge is 0.261 e. The minimum Gasteiger partial charge on any atom is -0.492 e. The van der Waals surface area contributed by atoms with Crippen LogP contribution in [-0.2, 0) is 20.0 Å². The van der Waals surface area contributed by atoms with Gasteiger partial charge in [-0.05, 0) is 49.4 Å². The quantitative estimate of drug-likeness (QED) is 0.767. The molecule has 0 aromatic heterocycles. The lowest BCUT2D eigenvalue weighted by atomic mass is 10.3. The van der Waals surface area contributed by atoms with E-state index in [9.17, 15) is 21.2 Å². The molecule has 0 saturated carbocycles. The molecule has 2 aromatic carbocycles. The largest absolute Gasteiger partial charge is 0.492 e. The van der Waals surface area contributed by atoms with E-state index in [1.807, 2.05) is 0 Å². The molecule has 0 spiro atoms. The predicted molar refractivity (Wildman–Crippen MR) is 95.7 cm³/mol. The average molecular weight is 402 g/mol. The second-order valence-electron chi connectivity index (χ2n) is 5.44. The second kappa shape index (κ2) is 7.60. The second-order valence-corrected chi connectivity index (χ2v) is 9.24. The normalized spacial score (nSPS) is 12.2. The van der Waals surface area contributed by atoms with Gasteiger partial charge in [-0.25, -0.2) is 25.5 Å². The fourth-order valence-electron chi connectivity index (χ4n) is 2.07. The Bertz CT molecular complexity index is 988. The number of ether oxygens (including phenoxy) is 1. The summed E-state index contributed by atoms with van der Waals surface area (Å²) in [5, 5.41) is 0. The monoisotopic (exact) mass is 402 g/mol. The first kappa shape index (κ1) is 20.1. The summed E-state index contributed by atoms with van der Waals surface area (Å²) >= 11 is 0. The maximum absolute atomic E-state index is 13.0. The zero-order chi connectivity index (χ0) is 19.5. The van der Waals surface area contributed by atoms with Gasteiger partial charge in [-0.3, -0.25) is 4.72 Å². The minimum atomic E-state index is -4.00. The van der Waals surface area contributed by atoms with Gasteiger partial charge in [0.05, 0.1) is 17.2 Å². The lowest BCUT2D eigenvalue weighted by Gasteiger charge is -2.17. The Balaban J connectivity index is 2.46. The summed E-state index contributed by atoms with van der Waals surface area (Å²) in [6, 6.07) is 8.22. The third-order valence-corrected chi connectivity index (χ3v) is 6.61. The van der Waals surface area contributed by atoms with Gasteiger partial charge in [0.15, 0.2) is 0 Å². The first-order valence-corrected chi connectivity index (χ1v) is 10.5. The first-order chi connectivity index (χ1) is 12.1. The summed E-state index contributed by atoms with van der Waals surface area (Å²) in [6.45, 7) is 1.95. The molecule has 0 atom stereocenters. The summed E-state index contributed by atoms with van der Waals surface area (Å²) in [5.41, 5.74) is 0.0400. The summed E-state index contributed by atoms with van der Waals surface area (Å²) in [7, 11) is -5.13. The van der Waals surface area contributed by atoms with E-state index in [2.05, 4.69) is 4.72 Å². The number of rotatable bonds is 7. The van der Waals surface area contributed by atoms with E-state index < -0.39 is 25.9 Å². The maximum atomic E-state index is 13.0. The molecule has 0 aliphatic rings. The van der Waals surface area contributed by atoms with Gasteiger partial charge >= 0.3 is 0 Å². The number of hydrogen-bond donors (Lipinski definition) is 1. The van der Waals surface area contributed by atoms with Crippen LogP contribution >= 0.6 is 0 Å². The number of benzene rings is 2. The minimum absolute atomic E-state index is 0.0400. The van der Waals surface area contributed by atoms with Crippen LogP contribution in [0.2, 0.25) is 0 Å². The van der Waals surface area contributed by atoms with Gasteiger partial charge in [0, 0.05) is 14.1 Å². The Morgan fingerprint density at radius 2 is 1.65 bits per heavy atom. The predicted octanol–water partition coefficient (Wildman–Crippen LogP) is 2.28. The van der Waals surface area contributed by atoms with Crippen molar-refractivity contribution in [2.24, 2.45) is 0 Å². The van der Waals surface area contributed by atoms with Crippen molar-refractivity contribution in [1.82, 2.24) is 4.31 Å². The lowest BCUT2D eigenvalue weighted by molar-refractivity contribution is 0.330. The van der Waals surface area contributed by atoms with Crippen LogP contribution in [0.15, 0.2) is 52.3 Å². The Hall–Kier alpha value is -2.17. The summed E-state index contributed by atoms with van der Waals surface area (Å²) < 4.78 is 71.3. The third kappa shape index (κ3) is 4.32. The highest BCUT2D eigenvalue weighted by molar-refractivity contribution is 7.92. The molecular formula is C16H19FN2O5S2. The van der Waals surface area contributed by atoms with E-state index in [-0.39, 0.29) is 27.8 Å². The van der Waals surface area contributed by atoms with Gasteiger partial charge in [-0.1, -0.05) is 0 Å². The number of hydrogen-bond acceptors (Lipinski definition) is 5. The Morgan fingerprint density at radius 1 is 1.04 bits per heavy atom. The molecule has 0 fully saturated rings. The van der Waals surface area contributed by atoms with E-state index in [4.69, 9.17) is 4.74 Å². The fourth-order valence-corrected chi connectivity index (χ4v) is 4.17. The van der Waals surface area contributed by atoms with Gasteiger partial charge in [0.2, 0.25) is 10.0 Å². The number of nitrogens with zero attached hydrogens (tertiary/aromatic N) is 1. The molecule has 0 bridgehead atoms. The van der Waals surface area contributed by atoms with Crippen LogP contribution in [0.5, 0.6) is 5.75 Å². The Kier molecular flexibility index (Phi) is 5.89. The van der Waals surface area contributed by atoms with Crippen molar-refractivity contribution in [3.8, 4) is 5.75 Å². The van der Waals surface area contributed by atoms with Gasteiger partial charge in [0.25, 0.3) is 10.0 Å². The SMILES string of the molecule is CCOc1ccc(NS(=O)(=O)c2ccc(F)cc2)cc1S(=O)(=O)N(C)C. The van der Waals surface area contributed by atoms with E-state index in [1.54, 1.807) is 6.92 Å². The number of nitrogens with one attached hydrogen (secondary N) is 1. The lowest BCUT2D eigenvalue weighted by Crippen LogP contribution is -2.23. The van der Waals surface area contributed by atoms with Crippen LogP contribution in [0.3, 0.4) is 0 Å². The standard InChI is InChI=1S/C16H19FN2O5S2/c1-4-24-15-10-7-13(11-16(15)26(22,23)19(2)3)18-25(20,21)14-8-5-12(17)6-9-14/h5-11,18H,4H2,1-3H3. The molecule has 2 rings (SSSR count). The zero-order valence-electron chi connectivity index (χ0n) is 14.4.